The molecule has 22 heavy (non-hydrogen) atoms. The van der Waals surface area contributed by atoms with Gasteiger partial charge < -0.3 is 0 Å². The van der Waals surface area contributed by atoms with E-state index in [2.05, 4.69) is 5.10 Å². The number of halogens is 2. The van der Waals surface area contributed by atoms with Gasteiger partial charge in [-0.05, 0) is 48.0 Å². The van der Waals surface area contributed by atoms with E-state index in [9.17, 15) is 9.18 Å². The lowest BCUT2D eigenvalue weighted by atomic mass is 10.1. The predicted octanol–water partition coefficient (Wildman–Crippen LogP) is 3.75. The van der Waals surface area contributed by atoms with Crippen LogP contribution in [0.4, 0.5) is 4.39 Å². The van der Waals surface area contributed by atoms with Crippen molar-refractivity contribution in [2.24, 2.45) is 0 Å². The van der Waals surface area contributed by atoms with Crippen LogP contribution in [0, 0.1) is 5.82 Å². The number of benzene rings is 2. The average Bonchev–Trinajstić information content (AvgIpc) is 2.52. The molecule has 0 unspecified atom stereocenters. The van der Waals surface area contributed by atoms with Crippen molar-refractivity contribution in [1.82, 2.24) is 9.78 Å². The highest BCUT2D eigenvalue weighted by molar-refractivity contribution is 6.30. The van der Waals surface area contributed by atoms with Crippen molar-refractivity contribution >= 4 is 11.6 Å². The standard InChI is InChI=1S/C17H12ClFN2O/c18-14-5-1-12(2-6-14)11-21-17(22)10-9-16(20-21)13-3-7-15(19)8-4-13/h1-10H,11H2. The van der Waals surface area contributed by atoms with E-state index < -0.39 is 0 Å². The number of aromatic nitrogens is 2. The molecule has 0 fully saturated rings. The van der Waals surface area contributed by atoms with E-state index in [1.807, 2.05) is 12.1 Å². The Hall–Kier alpha value is -2.46. The van der Waals surface area contributed by atoms with Gasteiger partial charge in [0.05, 0.1) is 12.2 Å². The second kappa shape index (κ2) is 6.12. The Labute approximate surface area is 131 Å². The highest BCUT2D eigenvalue weighted by atomic mass is 35.5. The van der Waals surface area contributed by atoms with Crippen molar-refractivity contribution in [1.29, 1.82) is 0 Å². The lowest BCUT2D eigenvalue weighted by molar-refractivity contribution is 0.627. The van der Waals surface area contributed by atoms with Gasteiger partial charge in [0.15, 0.2) is 0 Å². The maximum absolute atomic E-state index is 13.0. The molecule has 0 amide bonds. The molecule has 110 valence electrons. The SMILES string of the molecule is O=c1ccc(-c2ccc(F)cc2)nn1Cc1ccc(Cl)cc1. The normalized spacial score (nSPS) is 10.6. The predicted molar refractivity (Wildman–Crippen MR) is 84.4 cm³/mol. The van der Waals surface area contributed by atoms with Gasteiger partial charge >= 0.3 is 0 Å². The third-order valence-corrected chi connectivity index (χ3v) is 3.50. The molecule has 0 aliphatic rings. The Kier molecular flexibility index (Phi) is 4.02. The first-order chi connectivity index (χ1) is 10.6. The molecule has 1 heterocycles. The molecule has 0 saturated heterocycles. The van der Waals surface area contributed by atoms with E-state index in [1.54, 1.807) is 30.3 Å². The summed E-state index contributed by atoms with van der Waals surface area (Å²) in [7, 11) is 0. The van der Waals surface area contributed by atoms with Crippen molar-refractivity contribution in [3.05, 3.63) is 87.4 Å². The smallest absolute Gasteiger partial charge is 0.267 e. The second-order valence-electron chi connectivity index (χ2n) is 4.85. The summed E-state index contributed by atoms with van der Waals surface area (Å²) >= 11 is 5.85. The lowest BCUT2D eigenvalue weighted by Gasteiger charge is -2.07. The van der Waals surface area contributed by atoms with Crippen LogP contribution < -0.4 is 5.56 Å². The Bertz CT molecular complexity index is 842. The van der Waals surface area contributed by atoms with Gasteiger partial charge in [-0.1, -0.05) is 23.7 Å². The highest BCUT2D eigenvalue weighted by Gasteiger charge is 2.05. The van der Waals surface area contributed by atoms with Gasteiger partial charge in [-0.3, -0.25) is 4.79 Å². The van der Waals surface area contributed by atoms with Crippen molar-refractivity contribution in [2.75, 3.05) is 0 Å². The van der Waals surface area contributed by atoms with Crippen LogP contribution >= 0.6 is 11.6 Å². The van der Waals surface area contributed by atoms with Crippen LogP contribution in [-0.4, -0.2) is 9.78 Å². The van der Waals surface area contributed by atoms with Crippen LogP contribution in [0.3, 0.4) is 0 Å². The highest BCUT2D eigenvalue weighted by Crippen LogP contribution is 2.16. The molecule has 2 aromatic carbocycles. The Balaban J connectivity index is 1.94. The van der Waals surface area contributed by atoms with Gasteiger partial charge in [-0.2, -0.15) is 5.10 Å². The molecule has 0 atom stereocenters. The van der Waals surface area contributed by atoms with Crippen LogP contribution in [0.5, 0.6) is 0 Å². The number of nitrogens with zero attached hydrogens (tertiary/aromatic N) is 2. The van der Waals surface area contributed by atoms with Crippen molar-refractivity contribution in [3.63, 3.8) is 0 Å². The minimum atomic E-state index is -0.307. The van der Waals surface area contributed by atoms with E-state index in [4.69, 9.17) is 11.6 Å². The zero-order valence-corrected chi connectivity index (χ0v) is 12.3. The summed E-state index contributed by atoms with van der Waals surface area (Å²) in [5.41, 5.74) is 2.11. The first kappa shape index (κ1) is 14.5. The minimum absolute atomic E-state index is 0.194. The van der Waals surface area contributed by atoms with Crippen LogP contribution in [0.2, 0.25) is 5.02 Å². The molecule has 5 heteroatoms. The molecule has 0 aliphatic carbocycles. The third kappa shape index (κ3) is 3.23. The fourth-order valence-electron chi connectivity index (χ4n) is 2.10. The largest absolute Gasteiger partial charge is 0.268 e. The van der Waals surface area contributed by atoms with E-state index in [0.717, 1.165) is 11.1 Å². The van der Waals surface area contributed by atoms with Crippen LogP contribution in [0.25, 0.3) is 11.3 Å². The van der Waals surface area contributed by atoms with Gasteiger partial charge in [0.25, 0.3) is 5.56 Å². The van der Waals surface area contributed by atoms with Crippen LogP contribution in [-0.2, 0) is 6.54 Å². The molecule has 3 nitrogen and oxygen atoms in total. The van der Waals surface area contributed by atoms with E-state index in [0.29, 0.717) is 17.3 Å². The molecule has 3 rings (SSSR count). The molecule has 0 N–H and O–H groups in total. The number of hydrogen-bond donors (Lipinski definition) is 0. The zero-order valence-electron chi connectivity index (χ0n) is 11.5. The summed E-state index contributed by atoms with van der Waals surface area (Å²) in [6.07, 6.45) is 0. The summed E-state index contributed by atoms with van der Waals surface area (Å²) < 4.78 is 14.4. The maximum atomic E-state index is 13.0. The molecular formula is C17H12ClFN2O. The second-order valence-corrected chi connectivity index (χ2v) is 5.28. The molecule has 0 saturated carbocycles. The van der Waals surface area contributed by atoms with Crippen molar-refractivity contribution in [2.45, 2.75) is 6.54 Å². The van der Waals surface area contributed by atoms with Gasteiger partial charge in [0.2, 0.25) is 0 Å². The van der Waals surface area contributed by atoms with Crippen molar-refractivity contribution < 1.29 is 4.39 Å². The number of hydrogen-bond acceptors (Lipinski definition) is 2. The van der Waals surface area contributed by atoms with Crippen molar-refractivity contribution in [3.8, 4) is 11.3 Å². The topological polar surface area (TPSA) is 34.9 Å². The molecule has 0 radical (unpaired) electrons. The van der Waals surface area contributed by atoms with Crippen LogP contribution in [0.1, 0.15) is 5.56 Å². The van der Waals surface area contributed by atoms with E-state index >= 15 is 0 Å². The average molecular weight is 315 g/mol. The summed E-state index contributed by atoms with van der Waals surface area (Å²) in [5, 5.41) is 4.98. The van der Waals surface area contributed by atoms with Gasteiger partial charge in [0.1, 0.15) is 5.82 Å². The zero-order chi connectivity index (χ0) is 15.5. The summed E-state index contributed by atoms with van der Waals surface area (Å²) in [6.45, 7) is 0.352. The third-order valence-electron chi connectivity index (χ3n) is 3.25. The Morgan fingerprint density at radius 2 is 1.64 bits per heavy atom. The fraction of sp³-hybridized carbons (Fsp3) is 0.0588. The molecule has 1 aromatic heterocycles. The molecular weight excluding hydrogens is 303 g/mol. The summed E-state index contributed by atoms with van der Waals surface area (Å²) in [4.78, 5) is 11.9. The maximum Gasteiger partial charge on any atom is 0.267 e. The summed E-state index contributed by atoms with van der Waals surface area (Å²) in [5.74, 6) is -0.307. The fourth-order valence-corrected chi connectivity index (χ4v) is 2.23. The monoisotopic (exact) mass is 314 g/mol. The van der Waals surface area contributed by atoms with Crippen LogP contribution in [0.15, 0.2) is 65.5 Å². The van der Waals surface area contributed by atoms with Gasteiger partial charge in [0, 0.05) is 16.7 Å². The van der Waals surface area contributed by atoms with E-state index in [1.165, 1.54) is 22.9 Å². The quantitative estimate of drug-likeness (QED) is 0.738. The lowest BCUT2D eigenvalue weighted by Crippen LogP contribution is -2.22. The molecule has 0 bridgehead atoms. The first-order valence-electron chi connectivity index (χ1n) is 6.70. The summed E-state index contributed by atoms with van der Waals surface area (Å²) in [6, 6.07) is 16.3. The molecule has 0 spiro atoms. The Morgan fingerprint density at radius 3 is 2.32 bits per heavy atom. The van der Waals surface area contributed by atoms with Gasteiger partial charge in [-0.15, -0.1) is 0 Å². The number of rotatable bonds is 3. The first-order valence-corrected chi connectivity index (χ1v) is 7.08. The van der Waals surface area contributed by atoms with Gasteiger partial charge in [-0.25, -0.2) is 9.07 Å². The Morgan fingerprint density at radius 1 is 0.955 bits per heavy atom. The molecule has 0 aliphatic heterocycles. The minimum Gasteiger partial charge on any atom is -0.268 e. The molecule has 3 aromatic rings. The van der Waals surface area contributed by atoms with E-state index in [-0.39, 0.29) is 11.4 Å².